The van der Waals surface area contributed by atoms with Crippen LogP contribution < -0.4 is 11.5 Å². The molecule has 6 N–H and O–H groups in total. The second-order valence-electron chi connectivity index (χ2n) is 4.84. The van der Waals surface area contributed by atoms with Crippen LogP contribution in [0.4, 0.5) is 0 Å². The van der Waals surface area contributed by atoms with E-state index >= 15 is 0 Å². The molecular formula is C18H14N4O2S2. The second-order valence-corrected chi connectivity index (χ2v) is 7.01. The number of hydrogen-bond acceptors (Lipinski definition) is 8. The second kappa shape index (κ2) is 8.77. The molecule has 2 aromatic carbocycles. The Morgan fingerprint density at radius 2 is 1.08 bits per heavy atom. The average molecular weight is 382 g/mol. The molecule has 0 aliphatic rings. The quantitative estimate of drug-likeness (QED) is 0.350. The largest absolute Gasteiger partial charge is 0.507 e. The van der Waals surface area contributed by atoms with Gasteiger partial charge in [0, 0.05) is 0 Å². The van der Waals surface area contributed by atoms with Crippen molar-refractivity contribution >= 4 is 23.5 Å². The lowest BCUT2D eigenvalue weighted by atomic mass is 10.1. The van der Waals surface area contributed by atoms with Crippen LogP contribution in [0.3, 0.4) is 0 Å². The Balaban J connectivity index is 2.42. The SMILES string of the molecule is N#CC(=C(/N)Sc1ccccc1O)/C(C#N)=C(\N)Sc1ccccc1O. The molecular weight excluding hydrogens is 368 g/mol. The van der Waals surface area contributed by atoms with Crippen molar-refractivity contribution in [1.82, 2.24) is 0 Å². The van der Waals surface area contributed by atoms with Gasteiger partial charge in [0.15, 0.2) is 0 Å². The van der Waals surface area contributed by atoms with Crippen LogP contribution >= 0.6 is 23.5 Å². The summed E-state index contributed by atoms with van der Waals surface area (Å²) >= 11 is 1.92. The van der Waals surface area contributed by atoms with Crippen molar-refractivity contribution in [3.63, 3.8) is 0 Å². The Morgan fingerprint density at radius 3 is 1.38 bits per heavy atom. The van der Waals surface area contributed by atoms with E-state index in [-0.39, 0.29) is 32.7 Å². The maximum absolute atomic E-state index is 9.83. The third kappa shape index (κ3) is 4.45. The van der Waals surface area contributed by atoms with E-state index in [1.165, 1.54) is 12.1 Å². The van der Waals surface area contributed by atoms with Gasteiger partial charge in [0.1, 0.15) is 34.8 Å². The molecule has 0 bridgehead atoms. The standard InChI is InChI=1S/C18H14N4O2S2/c19-9-11(17(21)25-15-7-3-1-5-13(15)23)12(10-20)18(22)26-16-8-4-2-6-14(16)24/h1-8,23-24H,21-22H2/b17-11+,18-12+. The number of benzene rings is 2. The number of rotatable bonds is 5. The summed E-state index contributed by atoms with van der Waals surface area (Å²) < 4.78 is 0. The number of thioether (sulfide) groups is 2. The van der Waals surface area contributed by atoms with Crippen molar-refractivity contribution in [2.75, 3.05) is 0 Å². The topological polar surface area (TPSA) is 140 Å². The van der Waals surface area contributed by atoms with Gasteiger partial charge in [-0.05, 0) is 24.3 Å². The molecule has 0 unspecified atom stereocenters. The Bertz CT molecular complexity index is 892. The third-order valence-corrected chi connectivity index (χ3v) is 5.12. The van der Waals surface area contributed by atoms with Crippen LogP contribution in [-0.4, -0.2) is 10.2 Å². The highest BCUT2D eigenvalue weighted by Crippen LogP contribution is 2.37. The van der Waals surface area contributed by atoms with E-state index in [2.05, 4.69) is 0 Å². The zero-order chi connectivity index (χ0) is 19.1. The van der Waals surface area contributed by atoms with Crippen LogP contribution in [0.15, 0.2) is 79.5 Å². The normalized spacial score (nSPS) is 12.4. The van der Waals surface area contributed by atoms with Crippen molar-refractivity contribution in [1.29, 1.82) is 10.5 Å². The Kier molecular flexibility index (Phi) is 6.45. The van der Waals surface area contributed by atoms with Gasteiger partial charge in [-0.1, -0.05) is 47.8 Å². The lowest BCUT2D eigenvalue weighted by molar-refractivity contribution is 0.462. The first-order chi connectivity index (χ1) is 12.5. The molecule has 0 amide bonds. The molecule has 2 rings (SSSR count). The van der Waals surface area contributed by atoms with Gasteiger partial charge in [-0.25, -0.2) is 0 Å². The zero-order valence-electron chi connectivity index (χ0n) is 13.4. The Labute approximate surface area is 159 Å². The molecule has 0 aliphatic heterocycles. The van der Waals surface area contributed by atoms with E-state index in [1.807, 2.05) is 12.1 Å². The molecule has 26 heavy (non-hydrogen) atoms. The summed E-state index contributed by atoms with van der Waals surface area (Å²) in [6.45, 7) is 0. The number of nitriles is 2. The van der Waals surface area contributed by atoms with E-state index in [1.54, 1.807) is 36.4 Å². The molecule has 2 aromatic rings. The highest BCUT2D eigenvalue weighted by molar-refractivity contribution is 8.03. The van der Waals surface area contributed by atoms with Crippen LogP contribution in [0.25, 0.3) is 0 Å². The molecule has 0 heterocycles. The van der Waals surface area contributed by atoms with Crippen LogP contribution in [0.1, 0.15) is 0 Å². The lowest BCUT2D eigenvalue weighted by Gasteiger charge is -2.09. The molecule has 0 spiro atoms. The van der Waals surface area contributed by atoms with E-state index in [0.29, 0.717) is 9.79 Å². The van der Waals surface area contributed by atoms with Gasteiger partial charge in [0.2, 0.25) is 0 Å². The van der Waals surface area contributed by atoms with Gasteiger partial charge in [0.05, 0.1) is 19.8 Å². The van der Waals surface area contributed by atoms with E-state index in [4.69, 9.17) is 11.5 Å². The third-order valence-electron chi connectivity index (χ3n) is 3.14. The number of para-hydroxylation sites is 2. The summed E-state index contributed by atoms with van der Waals surface area (Å²) in [5.74, 6) is 0.0218. The van der Waals surface area contributed by atoms with Gasteiger partial charge >= 0.3 is 0 Å². The van der Waals surface area contributed by atoms with Gasteiger partial charge < -0.3 is 21.7 Å². The first-order valence-corrected chi connectivity index (χ1v) is 8.83. The van der Waals surface area contributed by atoms with Crippen LogP contribution in [-0.2, 0) is 0 Å². The molecule has 8 heteroatoms. The monoisotopic (exact) mass is 382 g/mol. The van der Waals surface area contributed by atoms with Crippen LogP contribution in [0, 0.1) is 22.7 Å². The average Bonchev–Trinajstić information content (AvgIpc) is 2.63. The van der Waals surface area contributed by atoms with Crippen molar-refractivity contribution < 1.29 is 10.2 Å². The Hall–Kier alpha value is -3.20. The summed E-state index contributed by atoms with van der Waals surface area (Å²) in [5.41, 5.74) is 11.8. The van der Waals surface area contributed by atoms with Gasteiger partial charge in [0.25, 0.3) is 0 Å². The van der Waals surface area contributed by atoms with Crippen LogP contribution in [0.5, 0.6) is 11.5 Å². The minimum Gasteiger partial charge on any atom is -0.507 e. The summed E-state index contributed by atoms with van der Waals surface area (Å²) in [5, 5.41) is 38.6. The predicted molar refractivity (Wildman–Crippen MR) is 102 cm³/mol. The maximum Gasteiger partial charge on any atom is 0.129 e. The van der Waals surface area contributed by atoms with Crippen molar-refractivity contribution in [3.8, 4) is 23.6 Å². The fraction of sp³-hybridized carbons (Fsp3) is 0. The Morgan fingerprint density at radius 1 is 0.731 bits per heavy atom. The molecule has 0 fully saturated rings. The highest BCUT2D eigenvalue weighted by atomic mass is 32.2. The fourth-order valence-corrected chi connectivity index (χ4v) is 3.51. The molecule has 130 valence electrons. The smallest absolute Gasteiger partial charge is 0.129 e. The van der Waals surface area contributed by atoms with Crippen molar-refractivity contribution in [3.05, 3.63) is 69.7 Å². The number of allylic oxidation sites excluding steroid dienone is 2. The van der Waals surface area contributed by atoms with Crippen molar-refractivity contribution in [2.45, 2.75) is 9.79 Å². The minimum atomic E-state index is -0.0961. The molecule has 0 atom stereocenters. The number of nitrogens with zero attached hydrogens (tertiary/aromatic N) is 2. The van der Waals surface area contributed by atoms with Gasteiger partial charge in [-0.15, -0.1) is 0 Å². The molecule has 0 saturated carbocycles. The minimum absolute atomic E-state index is 0.0109. The summed E-state index contributed by atoms with van der Waals surface area (Å²) in [4.78, 5) is 0.893. The summed E-state index contributed by atoms with van der Waals surface area (Å²) in [6, 6.07) is 16.8. The maximum atomic E-state index is 9.83. The summed E-state index contributed by atoms with van der Waals surface area (Å²) in [7, 11) is 0. The van der Waals surface area contributed by atoms with Gasteiger partial charge in [-0.3, -0.25) is 0 Å². The fourth-order valence-electron chi connectivity index (χ4n) is 1.89. The number of aromatic hydroxyl groups is 2. The van der Waals surface area contributed by atoms with E-state index in [0.717, 1.165) is 23.5 Å². The summed E-state index contributed by atoms with van der Waals surface area (Å²) in [6.07, 6.45) is 0. The zero-order valence-corrected chi connectivity index (χ0v) is 15.0. The molecule has 0 aromatic heterocycles. The first-order valence-electron chi connectivity index (χ1n) is 7.19. The molecule has 6 nitrogen and oxygen atoms in total. The predicted octanol–water partition coefficient (Wildman–Crippen LogP) is 3.37. The number of phenols is 2. The van der Waals surface area contributed by atoms with E-state index in [9.17, 15) is 20.7 Å². The highest BCUT2D eigenvalue weighted by Gasteiger charge is 2.17. The number of nitrogens with two attached hydrogens (primary N) is 2. The number of phenolic OH excluding ortho intramolecular Hbond substituents is 2. The molecule has 0 aliphatic carbocycles. The van der Waals surface area contributed by atoms with Crippen molar-refractivity contribution in [2.24, 2.45) is 11.5 Å². The van der Waals surface area contributed by atoms with Crippen LogP contribution in [0.2, 0.25) is 0 Å². The number of hydrogen-bond donors (Lipinski definition) is 4. The molecule has 0 radical (unpaired) electrons. The molecule has 0 saturated heterocycles. The lowest BCUT2D eigenvalue weighted by Crippen LogP contribution is -2.05. The van der Waals surface area contributed by atoms with E-state index < -0.39 is 0 Å². The first kappa shape index (κ1) is 19.1. The van der Waals surface area contributed by atoms with Gasteiger partial charge in [-0.2, -0.15) is 10.5 Å².